The van der Waals surface area contributed by atoms with Crippen molar-refractivity contribution in [1.82, 2.24) is 35.0 Å². The molecule has 0 radical (unpaired) electrons. The summed E-state index contributed by atoms with van der Waals surface area (Å²) in [5.74, 6) is 0.922. The molecule has 0 spiro atoms. The number of nitrogens with zero attached hydrogens (tertiary/aromatic N) is 7. The van der Waals surface area contributed by atoms with Gasteiger partial charge in [0.1, 0.15) is 22.9 Å². The van der Waals surface area contributed by atoms with Crippen LogP contribution in [0.4, 0.5) is 15.0 Å². The van der Waals surface area contributed by atoms with E-state index in [1.165, 1.54) is 13.3 Å². The summed E-state index contributed by atoms with van der Waals surface area (Å²) in [6.07, 6.45) is 3.04. The van der Waals surface area contributed by atoms with E-state index in [0.717, 1.165) is 25.7 Å². The largest absolute Gasteiger partial charge is 0.480 e. The number of ether oxygens (including phenoxy) is 2. The fourth-order valence-corrected chi connectivity index (χ4v) is 6.94. The Bertz CT molecular complexity index is 1700. The molecule has 7 rings (SSSR count). The van der Waals surface area contributed by atoms with Crippen LogP contribution < -0.4 is 15.0 Å². The third kappa shape index (κ3) is 4.37. The number of fused-ring (bicyclic) bond motifs is 4. The highest BCUT2D eigenvalue weighted by Crippen LogP contribution is 2.43. The van der Waals surface area contributed by atoms with E-state index in [4.69, 9.17) is 36.1 Å². The smallest absolute Gasteiger partial charge is 0.404 e. The normalized spacial score (nSPS) is 25.7. The monoisotopic (exact) mass is 596 g/mol. The zero-order valence-corrected chi connectivity index (χ0v) is 23.9. The fourth-order valence-electron chi connectivity index (χ4n) is 6.65. The molecule has 1 amide bonds. The molecule has 42 heavy (non-hydrogen) atoms. The summed E-state index contributed by atoms with van der Waals surface area (Å²) in [7, 11) is 1.52. The maximum Gasteiger partial charge on any atom is 0.404 e. The average Bonchev–Trinajstić information content (AvgIpc) is 3.53. The highest BCUT2D eigenvalue weighted by atomic mass is 35.5. The van der Waals surface area contributed by atoms with Crippen LogP contribution in [0.1, 0.15) is 50.4 Å². The number of anilines is 1. The van der Waals surface area contributed by atoms with E-state index in [9.17, 15) is 9.90 Å². The molecule has 3 aliphatic rings. The summed E-state index contributed by atoms with van der Waals surface area (Å²) >= 11 is 6.92. The summed E-state index contributed by atoms with van der Waals surface area (Å²) in [6, 6.07) is 2.36. The summed E-state index contributed by atoms with van der Waals surface area (Å²) in [5.41, 5.74) is 3.95. The summed E-state index contributed by atoms with van der Waals surface area (Å²) in [4.78, 5) is 32.3. The van der Waals surface area contributed by atoms with Crippen molar-refractivity contribution >= 4 is 45.7 Å². The SMILES string of the molecule is COc1cnc2ccc(-c3nn(C4CCCCO4)c4nc(N5[C@H]6CC[C@@H]5[C@@H](F)[C@@H](NC(=O)O)C6)c(C)nc34)c(Cl)c2n1. The second kappa shape index (κ2) is 10.5. The molecule has 12 nitrogen and oxygen atoms in total. The van der Waals surface area contributed by atoms with Crippen LogP contribution in [0.2, 0.25) is 5.02 Å². The molecule has 220 valence electrons. The van der Waals surface area contributed by atoms with E-state index in [-0.39, 0.29) is 12.3 Å². The molecule has 6 heterocycles. The minimum absolute atomic E-state index is 0.0606. The van der Waals surface area contributed by atoms with Crippen molar-refractivity contribution in [3.05, 3.63) is 29.0 Å². The zero-order chi connectivity index (χ0) is 29.1. The molecule has 0 saturated carbocycles. The number of nitrogens with one attached hydrogen (secondary N) is 1. The van der Waals surface area contributed by atoms with Crippen LogP contribution in [0.3, 0.4) is 0 Å². The Balaban J connectivity index is 1.37. The minimum atomic E-state index is -1.37. The van der Waals surface area contributed by atoms with Gasteiger partial charge in [0.25, 0.3) is 0 Å². The van der Waals surface area contributed by atoms with Crippen LogP contribution in [0.5, 0.6) is 5.88 Å². The lowest BCUT2D eigenvalue weighted by atomic mass is 9.95. The van der Waals surface area contributed by atoms with Crippen molar-refractivity contribution in [2.45, 2.75) is 76.0 Å². The van der Waals surface area contributed by atoms with E-state index < -0.39 is 24.3 Å². The van der Waals surface area contributed by atoms with Crippen molar-refractivity contribution in [2.24, 2.45) is 0 Å². The van der Waals surface area contributed by atoms with Crippen LogP contribution in [-0.2, 0) is 4.74 Å². The van der Waals surface area contributed by atoms with Crippen molar-refractivity contribution < 1.29 is 23.8 Å². The van der Waals surface area contributed by atoms with Crippen molar-refractivity contribution in [2.75, 3.05) is 18.6 Å². The van der Waals surface area contributed by atoms with Gasteiger partial charge >= 0.3 is 6.09 Å². The summed E-state index contributed by atoms with van der Waals surface area (Å²) < 4.78 is 28.8. The lowest BCUT2D eigenvalue weighted by Gasteiger charge is -2.42. The Hall–Kier alpha value is -3.84. The molecule has 3 aromatic heterocycles. The van der Waals surface area contributed by atoms with Gasteiger partial charge in [0.05, 0.1) is 41.6 Å². The van der Waals surface area contributed by atoms with E-state index >= 15 is 4.39 Å². The highest BCUT2D eigenvalue weighted by Gasteiger charge is 2.49. The van der Waals surface area contributed by atoms with Gasteiger partial charge in [-0.2, -0.15) is 5.10 Å². The quantitative estimate of drug-likeness (QED) is 0.329. The number of rotatable bonds is 5. The standard InChI is InChI=1S/C28H30ClFN8O4/c1-13-26(37-14-6-9-18(37)22(30)17(11-14)33-28(39)40)35-27-25(32-13)23(36-38(27)20-5-3-4-10-42-20)15-7-8-16-24(21(15)29)34-19(41-2)12-31-16/h7-8,12,14,17-18,20,22,33H,3-6,9-11H2,1-2H3,(H,39,40)/t14-,17-,18+,20?,22-/m0/s1. The Morgan fingerprint density at radius 3 is 2.81 bits per heavy atom. The van der Waals surface area contributed by atoms with Gasteiger partial charge < -0.3 is 24.8 Å². The number of alkyl halides is 1. The van der Waals surface area contributed by atoms with E-state index in [2.05, 4.69) is 15.3 Å². The Labute approximate surface area is 245 Å². The first-order valence-electron chi connectivity index (χ1n) is 14.1. The highest BCUT2D eigenvalue weighted by molar-refractivity contribution is 6.38. The van der Waals surface area contributed by atoms with Gasteiger partial charge in [-0.15, -0.1) is 0 Å². The topological polar surface area (TPSA) is 140 Å². The number of methoxy groups -OCH3 is 1. The molecule has 2 N–H and O–H groups in total. The van der Waals surface area contributed by atoms with Crippen molar-refractivity contribution in [3.63, 3.8) is 0 Å². The number of hydrogen-bond acceptors (Lipinski definition) is 9. The van der Waals surface area contributed by atoms with Crippen molar-refractivity contribution in [3.8, 4) is 17.1 Å². The molecule has 3 fully saturated rings. The average molecular weight is 597 g/mol. The van der Waals surface area contributed by atoms with Gasteiger partial charge in [-0.1, -0.05) is 11.6 Å². The molecule has 0 aliphatic carbocycles. The van der Waals surface area contributed by atoms with E-state index in [1.807, 2.05) is 24.0 Å². The summed E-state index contributed by atoms with van der Waals surface area (Å²) in [5, 5.41) is 16.9. The van der Waals surface area contributed by atoms with Gasteiger partial charge in [-0.05, 0) is 57.6 Å². The Morgan fingerprint density at radius 1 is 1.19 bits per heavy atom. The maximum absolute atomic E-state index is 15.6. The number of piperidine rings is 1. The molecule has 14 heteroatoms. The van der Waals surface area contributed by atoms with Crippen LogP contribution in [-0.4, -0.2) is 78.9 Å². The number of halogens is 2. The maximum atomic E-state index is 15.6. The number of aryl methyl sites for hydroxylation is 1. The first kappa shape index (κ1) is 27.0. The summed E-state index contributed by atoms with van der Waals surface area (Å²) in [6.45, 7) is 2.46. The second-order valence-electron chi connectivity index (χ2n) is 11.1. The molecule has 5 atom stereocenters. The van der Waals surface area contributed by atoms with Crippen LogP contribution in [0.25, 0.3) is 33.5 Å². The first-order valence-corrected chi connectivity index (χ1v) is 14.5. The predicted molar refractivity (Wildman–Crippen MR) is 153 cm³/mol. The molecule has 1 aromatic carbocycles. The van der Waals surface area contributed by atoms with Crippen LogP contribution >= 0.6 is 11.6 Å². The molecule has 4 aromatic rings. The lowest BCUT2D eigenvalue weighted by molar-refractivity contribution is -0.0368. The number of amides is 1. The number of carboxylic acid groups (broad SMARTS) is 1. The van der Waals surface area contributed by atoms with Crippen molar-refractivity contribution in [1.29, 1.82) is 0 Å². The zero-order valence-electron chi connectivity index (χ0n) is 23.1. The molecule has 3 saturated heterocycles. The predicted octanol–water partition coefficient (Wildman–Crippen LogP) is 4.82. The van der Waals surface area contributed by atoms with Gasteiger partial charge in [-0.25, -0.2) is 33.8 Å². The number of hydrogen-bond donors (Lipinski definition) is 2. The molecule has 1 unspecified atom stereocenters. The first-order chi connectivity index (χ1) is 20.3. The Kier molecular flexibility index (Phi) is 6.73. The number of benzene rings is 1. The van der Waals surface area contributed by atoms with E-state index in [1.54, 1.807) is 4.68 Å². The third-order valence-corrected chi connectivity index (χ3v) is 8.96. The van der Waals surface area contributed by atoms with Crippen LogP contribution in [0.15, 0.2) is 18.3 Å². The number of aromatic nitrogens is 6. The number of carbonyl (C=O) groups is 1. The van der Waals surface area contributed by atoms with Gasteiger partial charge in [0.2, 0.25) is 5.88 Å². The molecular weight excluding hydrogens is 567 g/mol. The lowest BCUT2D eigenvalue weighted by Crippen LogP contribution is -2.58. The van der Waals surface area contributed by atoms with E-state index in [0.29, 0.717) is 75.3 Å². The third-order valence-electron chi connectivity index (χ3n) is 8.58. The van der Waals surface area contributed by atoms with Crippen LogP contribution in [0, 0.1) is 6.92 Å². The molecule has 2 bridgehead atoms. The van der Waals surface area contributed by atoms with Gasteiger partial charge in [0, 0.05) is 18.2 Å². The second-order valence-corrected chi connectivity index (χ2v) is 11.4. The molecule has 3 aliphatic heterocycles. The molecular formula is C28H30ClFN8O4. The Morgan fingerprint density at radius 2 is 2.05 bits per heavy atom. The van der Waals surface area contributed by atoms with Gasteiger partial charge in [0.15, 0.2) is 17.7 Å². The van der Waals surface area contributed by atoms with Gasteiger partial charge in [-0.3, -0.25) is 0 Å². The minimum Gasteiger partial charge on any atom is -0.480 e. The fraction of sp³-hybridized carbons (Fsp3) is 0.500.